The molecule has 0 bridgehead atoms. The molecule has 1 aliphatic rings. The molecule has 1 aromatic rings. The van der Waals surface area contributed by atoms with Crippen LogP contribution in [0.3, 0.4) is 0 Å². The molecule has 2 rings (SSSR count). The first-order valence-electron chi connectivity index (χ1n) is 6.40. The van der Waals surface area contributed by atoms with Gasteiger partial charge in [-0.2, -0.15) is 0 Å². The van der Waals surface area contributed by atoms with Crippen LogP contribution in [0.5, 0.6) is 5.75 Å². The fourth-order valence-electron chi connectivity index (χ4n) is 2.40. The van der Waals surface area contributed by atoms with E-state index in [0.29, 0.717) is 13.2 Å². The fraction of sp³-hybridized carbons (Fsp3) is 0.571. The smallest absolute Gasteiger partial charge is 0.125 e. The number of hydrogen-bond acceptors (Lipinski definition) is 4. The summed E-state index contributed by atoms with van der Waals surface area (Å²) >= 11 is 0. The Labute approximate surface area is 108 Å². The number of fused-ring (bicyclic) bond motifs is 1. The molecule has 4 nitrogen and oxygen atoms in total. The third-order valence-corrected chi connectivity index (χ3v) is 3.47. The largest absolute Gasteiger partial charge is 0.491 e. The third kappa shape index (κ3) is 2.66. The SMILES string of the molecule is CCN(CCOC)C1COc2ccccc2C1O. The third-order valence-electron chi connectivity index (χ3n) is 3.47. The number of nitrogens with zero attached hydrogens (tertiary/aromatic N) is 1. The Hall–Kier alpha value is -1.10. The topological polar surface area (TPSA) is 41.9 Å². The second-order valence-electron chi connectivity index (χ2n) is 4.48. The first-order valence-corrected chi connectivity index (χ1v) is 6.40. The number of methoxy groups -OCH3 is 1. The van der Waals surface area contributed by atoms with E-state index in [0.717, 1.165) is 24.4 Å². The molecule has 0 aliphatic carbocycles. The van der Waals surface area contributed by atoms with Crippen LogP contribution in [0, 0.1) is 0 Å². The highest BCUT2D eigenvalue weighted by Crippen LogP contribution is 2.33. The molecule has 2 atom stereocenters. The second kappa shape index (κ2) is 6.18. The lowest BCUT2D eigenvalue weighted by atomic mass is 9.98. The lowest BCUT2D eigenvalue weighted by molar-refractivity contribution is -0.00348. The maximum Gasteiger partial charge on any atom is 0.125 e. The Morgan fingerprint density at radius 1 is 1.44 bits per heavy atom. The first kappa shape index (κ1) is 13.3. The zero-order chi connectivity index (χ0) is 13.0. The molecule has 4 heteroatoms. The van der Waals surface area contributed by atoms with Crippen molar-refractivity contribution in [2.75, 3.05) is 33.4 Å². The van der Waals surface area contributed by atoms with Crippen LogP contribution in [0.15, 0.2) is 24.3 Å². The van der Waals surface area contributed by atoms with Crippen LogP contribution in [-0.4, -0.2) is 49.5 Å². The highest BCUT2D eigenvalue weighted by molar-refractivity contribution is 5.37. The number of ether oxygens (including phenoxy) is 2. The predicted octanol–water partition coefficient (Wildman–Crippen LogP) is 1.45. The fourth-order valence-corrected chi connectivity index (χ4v) is 2.40. The van der Waals surface area contributed by atoms with Gasteiger partial charge in [-0.25, -0.2) is 0 Å². The van der Waals surface area contributed by atoms with Crippen molar-refractivity contribution in [1.82, 2.24) is 4.90 Å². The summed E-state index contributed by atoms with van der Waals surface area (Å²) in [7, 11) is 1.69. The number of aliphatic hydroxyl groups excluding tert-OH is 1. The second-order valence-corrected chi connectivity index (χ2v) is 4.48. The number of rotatable bonds is 5. The number of aliphatic hydroxyl groups is 1. The molecule has 0 saturated carbocycles. The van der Waals surface area contributed by atoms with Crippen LogP contribution in [0.1, 0.15) is 18.6 Å². The molecule has 1 aromatic carbocycles. The molecule has 0 fully saturated rings. The van der Waals surface area contributed by atoms with Crippen molar-refractivity contribution < 1.29 is 14.6 Å². The minimum atomic E-state index is -0.494. The van der Waals surface area contributed by atoms with E-state index >= 15 is 0 Å². The highest BCUT2D eigenvalue weighted by Gasteiger charge is 2.32. The summed E-state index contributed by atoms with van der Waals surface area (Å²) in [6, 6.07) is 7.68. The minimum absolute atomic E-state index is 0.0000463. The van der Waals surface area contributed by atoms with Gasteiger partial charge < -0.3 is 14.6 Å². The molecule has 1 aliphatic heterocycles. The van der Waals surface area contributed by atoms with Crippen LogP contribution in [0.2, 0.25) is 0 Å². The molecule has 1 N–H and O–H groups in total. The van der Waals surface area contributed by atoms with Gasteiger partial charge in [0.05, 0.1) is 12.6 Å². The van der Waals surface area contributed by atoms with Crippen molar-refractivity contribution in [1.29, 1.82) is 0 Å². The molecule has 0 saturated heterocycles. The number of hydrogen-bond donors (Lipinski definition) is 1. The average Bonchev–Trinajstić information content (AvgIpc) is 2.42. The van der Waals surface area contributed by atoms with Crippen molar-refractivity contribution in [2.45, 2.75) is 19.1 Å². The van der Waals surface area contributed by atoms with E-state index in [1.54, 1.807) is 7.11 Å². The van der Waals surface area contributed by atoms with Gasteiger partial charge in [0.25, 0.3) is 0 Å². The Bertz CT molecular complexity index is 383. The van der Waals surface area contributed by atoms with Gasteiger partial charge in [-0.3, -0.25) is 4.90 Å². The zero-order valence-electron chi connectivity index (χ0n) is 11.0. The molecule has 1 heterocycles. The molecule has 0 amide bonds. The summed E-state index contributed by atoms with van der Waals surface area (Å²) in [6.45, 7) is 4.95. The molecule has 0 radical (unpaired) electrons. The van der Waals surface area contributed by atoms with E-state index in [4.69, 9.17) is 9.47 Å². The zero-order valence-corrected chi connectivity index (χ0v) is 11.0. The Balaban J connectivity index is 2.12. The molecular formula is C14H21NO3. The maximum atomic E-state index is 10.5. The van der Waals surface area contributed by atoms with Crippen molar-refractivity contribution in [3.8, 4) is 5.75 Å². The van der Waals surface area contributed by atoms with Crippen molar-refractivity contribution in [2.24, 2.45) is 0 Å². The van der Waals surface area contributed by atoms with E-state index < -0.39 is 6.10 Å². The molecule has 100 valence electrons. The number of benzene rings is 1. The van der Waals surface area contributed by atoms with E-state index in [2.05, 4.69) is 11.8 Å². The van der Waals surface area contributed by atoms with Crippen molar-refractivity contribution >= 4 is 0 Å². The summed E-state index contributed by atoms with van der Waals surface area (Å²) in [5.74, 6) is 0.795. The average molecular weight is 251 g/mol. The molecule has 0 aromatic heterocycles. The Kier molecular flexibility index (Phi) is 4.58. The van der Waals surface area contributed by atoms with E-state index in [1.807, 2.05) is 24.3 Å². The lowest BCUT2D eigenvalue weighted by Crippen LogP contribution is -2.47. The van der Waals surface area contributed by atoms with E-state index in [1.165, 1.54) is 0 Å². The predicted molar refractivity (Wildman–Crippen MR) is 69.8 cm³/mol. The first-order chi connectivity index (χ1) is 8.77. The normalized spacial score (nSPS) is 22.7. The molecule has 18 heavy (non-hydrogen) atoms. The Morgan fingerprint density at radius 3 is 2.94 bits per heavy atom. The summed E-state index contributed by atoms with van der Waals surface area (Å²) in [5.41, 5.74) is 0.879. The summed E-state index contributed by atoms with van der Waals surface area (Å²) in [5, 5.41) is 10.5. The summed E-state index contributed by atoms with van der Waals surface area (Å²) in [4.78, 5) is 2.20. The van der Waals surface area contributed by atoms with E-state index in [9.17, 15) is 5.11 Å². The van der Waals surface area contributed by atoms with Crippen LogP contribution < -0.4 is 4.74 Å². The van der Waals surface area contributed by atoms with Crippen LogP contribution in [-0.2, 0) is 4.74 Å². The summed E-state index contributed by atoms with van der Waals surface area (Å²) < 4.78 is 10.8. The van der Waals surface area contributed by atoms with Gasteiger partial charge in [-0.15, -0.1) is 0 Å². The van der Waals surface area contributed by atoms with Crippen LogP contribution in [0.4, 0.5) is 0 Å². The van der Waals surface area contributed by atoms with Gasteiger partial charge in [-0.05, 0) is 12.6 Å². The van der Waals surface area contributed by atoms with Crippen molar-refractivity contribution in [3.63, 3.8) is 0 Å². The van der Waals surface area contributed by atoms with Gasteiger partial charge in [0.15, 0.2) is 0 Å². The van der Waals surface area contributed by atoms with Gasteiger partial charge in [0.1, 0.15) is 18.5 Å². The standard InChI is InChI=1S/C14H21NO3/c1-3-15(8-9-17-2)12-10-18-13-7-5-4-6-11(13)14(12)16/h4-7,12,14,16H,3,8-10H2,1-2H3. The van der Waals surface area contributed by atoms with Gasteiger partial charge in [-0.1, -0.05) is 25.1 Å². The quantitative estimate of drug-likeness (QED) is 0.860. The lowest BCUT2D eigenvalue weighted by Gasteiger charge is -2.37. The minimum Gasteiger partial charge on any atom is -0.491 e. The maximum absolute atomic E-state index is 10.5. The Morgan fingerprint density at radius 2 is 2.22 bits per heavy atom. The van der Waals surface area contributed by atoms with Crippen LogP contribution in [0.25, 0.3) is 0 Å². The molecular weight excluding hydrogens is 230 g/mol. The van der Waals surface area contributed by atoms with Gasteiger partial charge in [0, 0.05) is 19.2 Å². The highest BCUT2D eigenvalue weighted by atomic mass is 16.5. The summed E-state index contributed by atoms with van der Waals surface area (Å²) in [6.07, 6.45) is -0.494. The molecule has 2 unspecified atom stereocenters. The van der Waals surface area contributed by atoms with Gasteiger partial charge >= 0.3 is 0 Å². The van der Waals surface area contributed by atoms with E-state index in [-0.39, 0.29) is 6.04 Å². The number of para-hydroxylation sites is 1. The van der Waals surface area contributed by atoms with Crippen molar-refractivity contribution in [3.05, 3.63) is 29.8 Å². The number of likely N-dealkylation sites (N-methyl/N-ethyl adjacent to an activating group) is 1. The van der Waals surface area contributed by atoms with Crippen LogP contribution >= 0.6 is 0 Å². The molecule has 0 spiro atoms. The monoisotopic (exact) mass is 251 g/mol. The van der Waals surface area contributed by atoms with Gasteiger partial charge in [0.2, 0.25) is 0 Å².